The number of aromatic amines is 1. The average Bonchev–Trinajstić information content (AvgIpc) is 2.88. The summed E-state index contributed by atoms with van der Waals surface area (Å²) < 4.78 is 5.24. The van der Waals surface area contributed by atoms with Gasteiger partial charge < -0.3 is 10.1 Å². The van der Waals surface area contributed by atoms with Crippen molar-refractivity contribution in [3.05, 3.63) is 106 Å². The van der Waals surface area contributed by atoms with Crippen LogP contribution >= 0.6 is 0 Å². The van der Waals surface area contributed by atoms with Crippen LogP contribution in [0.15, 0.2) is 89.7 Å². The van der Waals surface area contributed by atoms with Gasteiger partial charge in [0.1, 0.15) is 5.56 Å². The first kappa shape index (κ1) is 23.6. The maximum absolute atomic E-state index is 13.4. The number of hydrogen-bond donors (Lipinski definition) is 2. The lowest BCUT2D eigenvalue weighted by atomic mass is 9.95. The number of rotatable bonds is 7. The topological polar surface area (TPSA) is 101 Å². The summed E-state index contributed by atoms with van der Waals surface area (Å²) in [6.07, 6.45) is 0. The maximum Gasteiger partial charge on any atom is 0.338 e. The standard InChI is InChI=1S/C28H25N3O4/c1-18(2)17-35-28(34)21-13-15-22(16-14-21)29-26(32)24-23(19-9-5-3-6-10-19)25(30-31-27(24)33)20-11-7-4-8-12-20/h3-16,18H,17H2,1-2H3,(H,29,32)(H,31,33). The molecule has 0 unspecified atom stereocenters. The lowest BCUT2D eigenvalue weighted by molar-refractivity contribution is 0.0459. The van der Waals surface area contributed by atoms with E-state index in [-0.39, 0.29) is 11.5 Å². The molecule has 1 amide bonds. The molecule has 0 aliphatic heterocycles. The van der Waals surface area contributed by atoms with Crippen LogP contribution in [0.5, 0.6) is 0 Å². The Kier molecular flexibility index (Phi) is 7.16. The molecule has 0 spiro atoms. The van der Waals surface area contributed by atoms with Gasteiger partial charge in [0.15, 0.2) is 0 Å². The predicted octanol–water partition coefficient (Wildman–Crippen LogP) is 5.17. The number of ether oxygens (including phenoxy) is 1. The fraction of sp³-hybridized carbons (Fsp3) is 0.143. The second-order valence-corrected chi connectivity index (χ2v) is 8.41. The van der Waals surface area contributed by atoms with Crippen LogP contribution in [0.1, 0.15) is 34.6 Å². The minimum atomic E-state index is -0.602. The average molecular weight is 468 g/mol. The fourth-order valence-electron chi connectivity index (χ4n) is 3.57. The first-order valence-electron chi connectivity index (χ1n) is 11.3. The highest BCUT2D eigenvalue weighted by molar-refractivity contribution is 6.10. The molecule has 0 aliphatic rings. The van der Waals surface area contributed by atoms with Crippen LogP contribution in [0.2, 0.25) is 0 Å². The monoisotopic (exact) mass is 467 g/mol. The minimum Gasteiger partial charge on any atom is -0.462 e. The zero-order chi connectivity index (χ0) is 24.8. The Bertz CT molecular complexity index is 1380. The first-order chi connectivity index (χ1) is 16.9. The molecule has 0 saturated heterocycles. The summed E-state index contributed by atoms with van der Waals surface area (Å²) in [6.45, 7) is 4.24. The third-order valence-electron chi connectivity index (χ3n) is 5.25. The molecule has 3 aromatic carbocycles. The highest BCUT2D eigenvalue weighted by Gasteiger charge is 2.23. The Balaban J connectivity index is 1.69. The molecule has 7 nitrogen and oxygen atoms in total. The van der Waals surface area contributed by atoms with Crippen LogP contribution in [0.3, 0.4) is 0 Å². The van der Waals surface area contributed by atoms with Crippen LogP contribution < -0.4 is 10.9 Å². The number of hydrogen-bond acceptors (Lipinski definition) is 5. The van der Waals surface area contributed by atoms with Gasteiger partial charge in [0, 0.05) is 16.8 Å². The van der Waals surface area contributed by atoms with Crippen LogP contribution in [0.4, 0.5) is 5.69 Å². The van der Waals surface area contributed by atoms with Crippen molar-refractivity contribution < 1.29 is 14.3 Å². The predicted molar refractivity (Wildman–Crippen MR) is 135 cm³/mol. The molecule has 0 fully saturated rings. The molecule has 0 saturated carbocycles. The number of nitrogens with zero attached hydrogens (tertiary/aromatic N) is 1. The normalized spacial score (nSPS) is 10.7. The molecule has 2 N–H and O–H groups in total. The largest absolute Gasteiger partial charge is 0.462 e. The Morgan fingerprint density at radius 3 is 2.09 bits per heavy atom. The zero-order valence-corrected chi connectivity index (χ0v) is 19.4. The third kappa shape index (κ3) is 5.52. The Labute approximate surface area is 202 Å². The quantitative estimate of drug-likeness (QED) is 0.365. The van der Waals surface area contributed by atoms with Crippen molar-refractivity contribution in [1.29, 1.82) is 0 Å². The molecule has 4 rings (SSSR count). The molecule has 176 valence electrons. The molecular formula is C28H25N3O4. The van der Waals surface area contributed by atoms with Crippen molar-refractivity contribution in [3.8, 4) is 22.4 Å². The van der Waals surface area contributed by atoms with Crippen molar-refractivity contribution >= 4 is 17.6 Å². The summed E-state index contributed by atoms with van der Waals surface area (Å²) in [5.41, 5.74) is 2.55. The highest BCUT2D eigenvalue weighted by Crippen LogP contribution is 2.31. The summed E-state index contributed by atoms with van der Waals surface area (Å²) in [4.78, 5) is 38.4. The van der Waals surface area contributed by atoms with Crippen LogP contribution in [-0.4, -0.2) is 28.7 Å². The molecule has 1 aromatic heterocycles. The van der Waals surface area contributed by atoms with Gasteiger partial charge in [-0.15, -0.1) is 0 Å². The number of H-pyrrole nitrogens is 1. The van der Waals surface area contributed by atoms with Gasteiger partial charge in [0.05, 0.1) is 17.9 Å². The molecule has 0 radical (unpaired) electrons. The molecule has 0 bridgehead atoms. The number of nitrogens with one attached hydrogen (secondary N) is 2. The van der Waals surface area contributed by atoms with E-state index >= 15 is 0 Å². The Morgan fingerprint density at radius 1 is 0.886 bits per heavy atom. The second kappa shape index (κ2) is 10.6. The lowest BCUT2D eigenvalue weighted by Crippen LogP contribution is -2.26. The molecule has 0 aliphatic carbocycles. The van der Waals surface area contributed by atoms with E-state index in [1.54, 1.807) is 24.3 Å². The van der Waals surface area contributed by atoms with E-state index < -0.39 is 17.4 Å². The van der Waals surface area contributed by atoms with Crippen molar-refractivity contribution in [3.63, 3.8) is 0 Å². The van der Waals surface area contributed by atoms with E-state index in [1.165, 1.54) is 0 Å². The van der Waals surface area contributed by atoms with Crippen LogP contribution in [0.25, 0.3) is 22.4 Å². The van der Waals surface area contributed by atoms with Gasteiger partial charge >= 0.3 is 5.97 Å². The van der Waals surface area contributed by atoms with Crippen molar-refractivity contribution in [2.45, 2.75) is 13.8 Å². The van der Waals surface area contributed by atoms with E-state index in [4.69, 9.17) is 4.74 Å². The molecule has 4 aromatic rings. The van der Waals surface area contributed by atoms with Crippen molar-refractivity contribution in [2.75, 3.05) is 11.9 Å². The van der Waals surface area contributed by atoms with Gasteiger partial charge in [-0.1, -0.05) is 74.5 Å². The number of anilines is 1. The van der Waals surface area contributed by atoms with Crippen LogP contribution in [0, 0.1) is 5.92 Å². The lowest BCUT2D eigenvalue weighted by Gasteiger charge is -2.14. The number of esters is 1. The smallest absolute Gasteiger partial charge is 0.338 e. The van der Waals surface area contributed by atoms with Gasteiger partial charge in [0.25, 0.3) is 11.5 Å². The van der Waals surface area contributed by atoms with Crippen LogP contribution in [-0.2, 0) is 4.74 Å². The summed E-state index contributed by atoms with van der Waals surface area (Å²) >= 11 is 0. The van der Waals surface area contributed by atoms with Crippen molar-refractivity contribution in [1.82, 2.24) is 10.2 Å². The summed E-state index contributed by atoms with van der Waals surface area (Å²) in [6, 6.07) is 24.9. The zero-order valence-electron chi connectivity index (χ0n) is 19.4. The highest BCUT2D eigenvalue weighted by atomic mass is 16.5. The molecule has 35 heavy (non-hydrogen) atoms. The number of benzene rings is 3. The number of aromatic nitrogens is 2. The molecule has 1 heterocycles. The van der Waals surface area contributed by atoms with Gasteiger partial charge in [-0.2, -0.15) is 5.10 Å². The number of carbonyl (C=O) groups is 2. The summed E-state index contributed by atoms with van der Waals surface area (Å²) in [5, 5.41) is 9.50. The Morgan fingerprint density at radius 2 is 1.49 bits per heavy atom. The molecular weight excluding hydrogens is 442 g/mol. The van der Waals surface area contributed by atoms with Crippen molar-refractivity contribution in [2.24, 2.45) is 5.92 Å². The van der Waals surface area contributed by atoms with E-state index in [0.717, 1.165) is 5.56 Å². The summed E-state index contributed by atoms with van der Waals surface area (Å²) in [7, 11) is 0. The first-order valence-corrected chi connectivity index (χ1v) is 11.3. The van der Waals surface area contributed by atoms with Gasteiger partial charge in [-0.3, -0.25) is 9.59 Å². The molecule has 0 atom stereocenters. The van der Waals surface area contributed by atoms with E-state index in [9.17, 15) is 14.4 Å². The minimum absolute atomic E-state index is 0.0505. The number of amides is 1. The third-order valence-corrected chi connectivity index (χ3v) is 5.25. The second-order valence-electron chi connectivity index (χ2n) is 8.41. The van der Waals surface area contributed by atoms with E-state index in [0.29, 0.717) is 34.7 Å². The maximum atomic E-state index is 13.4. The van der Waals surface area contributed by atoms with E-state index in [1.807, 2.05) is 74.5 Å². The summed E-state index contributed by atoms with van der Waals surface area (Å²) in [5.74, 6) is -0.781. The van der Waals surface area contributed by atoms with Gasteiger partial charge in [0.2, 0.25) is 0 Å². The van der Waals surface area contributed by atoms with E-state index in [2.05, 4.69) is 15.5 Å². The molecule has 7 heteroatoms. The Hall–Kier alpha value is -4.52. The SMILES string of the molecule is CC(C)COC(=O)c1ccc(NC(=O)c2c(-c3ccccc3)c(-c3ccccc3)n[nH]c2=O)cc1. The van der Waals surface area contributed by atoms with Gasteiger partial charge in [-0.25, -0.2) is 9.89 Å². The number of carbonyl (C=O) groups excluding carboxylic acids is 2. The fourth-order valence-corrected chi connectivity index (χ4v) is 3.57. The van der Waals surface area contributed by atoms with Gasteiger partial charge in [-0.05, 0) is 35.7 Å².